The highest BCUT2D eigenvalue weighted by atomic mass is 35.5. The number of aliphatic hydroxyl groups excluding tert-OH is 1. The van der Waals surface area contributed by atoms with Crippen LogP contribution in [0.2, 0.25) is 5.15 Å². The zero-order valence-corrected chi connectivity index (χ0v) is 11.6. The minimum Gasteiger partial charge on any atom is -0.378 e. The largest absolute Gasteiger partial charge is 0.378 e. The normalized spacial score (nSPS) is 13.6. The molecule has 0 spiro atoms. The van der Waals surface area contributed by atoms with Crippen LogP contribution in [0.25, 0.3) is 0 Å². The summed E-state index contributed by atoms with van der Waals surface area (Å²) in [6.45, 7) is 1.73. The van der Waals surface area contributed by atoms with E-state index in [4.69, 9.17) is 11.6 Å². The van der Waals surface area contributed by atoms with Crippen molar-refractivity contribution in [1.82, 2.24) is 15.3 Å². The third-order valence-corrected chi connectivity index (χ3v) is 3.10. The maximum atomic E-state index is 12.0. The molecule has 2 aromatic rings. The molecule has 0 aliphatic carbocycles. The first kappa shape index (κ1) is 14.4. The topological polar surface area (TPSA) is 75.1 Å². The standard InChI is InChI=1S/C14H14ClN3O2/c1-9(11-13(15)17-8-7-16-11)18-14(20)12(19)10-5-3-2-4-6-10/h2-9,12,19H,1H3,(H,18,20). The number of carbonyl (C=O) groups is 1. The van der Waals surface area contributed by atoms with Gasteiger partial charge in [0.05, 0.1) is 11.7 Å². The summed E-state index contributed by atoms with van der Waals surface area (Å²) in [5.41, 5.74) is 0.991. The number of nitrogens with zero attached hydrogens (tertiary/aromatic N) is 2. The highest BCUT2D eigenvalue weighted by molar-refractivity contribution is 6.30. The summed E-state index contributed by atoms with van der Waals surface area (Å²) in [5, 5.41) is 12.9. The van der Waals surface area contributed by atoms with E-state index in [2.05, 4.69) is 15.3 Å². The van der Waals surface area contributed by atoms with Crippen LogP contribution in [0.4, 0.5) is 0 Å². The van der Waals surface area contributed by atoms with Crippen molar-refractivity contribution in [3.05, 3.63) is 59.1 Å². The van der Waals surface area contributed by atoms with Gasteiger partial charge in [-0.1, -0.05) is 41.9 Å². The second-order valence-electron chi connectivity index (χ2n) is 4.28. The van der Waals surface area contributed by atoms with Gasteiger partial charge in [0.1, 0.15) is 0 Å². The van der Waals surface area contributed by atoms with Crippen LogP contribution >= 0.6 is 11.6 Å². The van der Waals surface area contributed by atoms with Crippen molar-refractivity contribution in [2.45, 2.75) is 19.1 Å². The lowest BCUT2D eigenvalue weighted by Crippen LogP contribution is -2.32. The lowest BCUT2D eigenvalue weighted by molar-refractivity contribution is -0.130. The highest BCUT2D eigenvalue weighted by Gasteiger charge is 2.21. The quantitative estimate of drug-likeness (QED) is 0.904. The summed E-state index contributed by atoms with van der Waals surface area (Å²) in [4.78, 5) is 20.0. The van der Waals surface area contributed by atoms with Gasteiger partial charge in [0.25, 0.3) is 5.91 Å². The van der Waals surface area contributed by atoms with E-state index in [1.165, 1.54) is 12.4 Å². The number of nitrogens with one attached hydrogen (secondary N) is 1. The number of aromatic nitrogens is 2. The van der Waals surface area contributed by atoms with Gasteiger partial charge >= 0.3 is 0 Å². The number of hydrogen-bond donors (Lipinski definition) is 2. The molecule has 0 saturated heterocycles. The number of aliphatic hydroxyl groups is 1. The number of halogens is 1. The number of benzene rings is 1. The van der Waals surface area contributed by atoms with Gasteiger partial charge in [0.15, 0.2) is 11.3 Å². The number of rotatable bonds is 4. The molecule has 0 saturated carbocycles. The minimum absolute atomic E-state index is 0.231. The molecule has 0 aliphatic rings. The molecule has 0 radical (unpaired) electrons. The summed E-state index contributed by atoms with van der Waals surface area (Å²) in [6.07, 6.45) is 1.74. The molecule has 0 fully saturated rings. The molecular weight excluding hydrogens is 278 g/mol. The third kappa shape index (κ3) is 3.31. The predicted molar refractivity (Wildman–Crippen MR) is 75.0 cm³/mol. The van der Waals surface area contributed by atoms with E-state index in [1.54, 1.807) is 31.2 Å². The fourth-order valence-electron chi connectivity index (χ4n) is 1.77. The first-order chi connectivity index (χ1) is 9.59. The van der Waals surface area contributed by atoms with E-state index in [1.807, 2.05) is 6.07 Å². The smallest absolute Gasteiger partial charge is 0.254 e. The van der Waals surface area contributed by atoms with Crippen molar-refractivity contribution < 1.29 is 9.90 Å². The van der Waals surface area contributed by atoms with Crippen molar-refractivity contribution >= 4 is 17.5 Å². The van der Waals surface area contributed by atoms with Crippen LogP contribution in [-0.2, 0) is 4.79 Å². The summed E-state index contributed by atoms with van der Waals surface area (Å²) in [5.74, 6) is -0.509. The number of carbonyl (C=O) groups excluding carboxylic acids is 1. The Labute approximate surface area is 121 Å². The first-order valence-electron chi connectivity index (χ1n) is 6.09. The van der Waals surface area contributed by atoms with Crippen LogP contribution in [-0.4, -0.2) is 21.0 Å². The first-order valence-corrected chi connectivity index (χ1v) is 6.47. The maximum Gasteiger partial charge on any atom is 0.254 e. The molecule has 20 heavy (non-hydrogen) atoms. The molecule has 2 N–H and O–H groups in total. The van der Waals surface area contributed by atoms with Crippen molar-refractivity contribution in [2.24, 2.45) is 0 Å². The Bertz CT molecular complexity index is 592. The Morgan fingerprint density at radius 1 is 1.25 bits per heavy atom. The monoisotopic (exact) mass is 291 g/mol. The fourth-order valence-corrected chi connectivity index (χ4v) is 2.04. The van der Waals surface area contributed by atoms with Crippen molar-refractivity contribution in [2.75, 3.05) is 0 Å². The van der Waals surface area contributed by atoms with Crippen LogP contribution in [0.1, 0.15) is 30.3 Å². The second kappa shape index (κ2) is 6.45. The summed E-state index contributed by atoms with van der Waals surface area (Å²) in [7, 11) is 0. The minimum atomic E-state index is -1.23. The van der Waals surface area contributed by atoms with Gasteiger partial charge < -0.3 is 10.4 Å². The lowest BCUT2D eigenvalue weighted by Gasteiger charge is -2.17. The SMILES string of the molecule is CC(NC(=O)C(O)c1ccccc1)c1nccnc1Cl. The molecule has 6 heteroatoms. The molecular formula is C14H14ClN3O2. The van der Waals surface area contributed by atoms with Gasteiger partial charge in [-0.2, -0.15) is 0 Å². The Kier molecular flexibility index (Phi) is 4.65. The predicted octanol–water partition coefficient (Wildman–Crippen LogP) is 2.04. The second-order valence-corrected chi connectivity index (χ2v) is 4.63. The number of hydrogen-bond acceptors (Lipinski definition) is 4. The highest BCUT2D eigenvalue weighted by Crippen LogP contribution is 2.19. The molecule has 0 bridgehead atoms. The van der Waals surface area contributed by atoms with Gasteiger partial charge in [0.2, 0.25) is 0 Å². The molecule has 0 aliphatic heterocycles. The Morgan fingerprint density at radius 3 is 2.55 bits per heavy atom. The van der Waals surface area contributed by atoms with Crippen LogP contribution in [0.3, 0.4) is 0 Å². The number of amides is 1. The summed E-state index contributed by atoms with van der Waals surface area (Å²) < 4.78 is 0. The molecule has 1 aromatic heterocycles. The molecule has 5 nitrogen and oxygen atoms in total. The average Bonchev–Trinajstić information content (AvgIpc) is 2.47. The molecule has 104 valence electrons. The van der Waals surface area contributed by atoms with Crippen molar-refractivity contribution in [3.63, 3.8) is 0 Å². The van der Waals surface area contributed by atoms with Crippen LogP contribution < -0.4 is 5.32 Å². The maximum absolute atomic E-state index is 12.0. The van der Waals surface area contributed by atoms with Gasteiger partial charge in [-0.25, -0.2) is 4.98 Å². The van der Waals surface area contributed by atoms with Gasteiger partial charge in [-0.15, -0.1) is 0 Å². The van der Waals surface area contributed by atoms with Crippen LogP contribution in [0, 0.1) is 0 Å². The summed E-state index contributed by atoms with van der Waals surface area (Å²) >= 11 is 5.91. The van der Waals surface area contributed by atoms with Gasteiger partial charge in [-0.3, -0.25) is 9.78 Å². The van der Waals surface area contributed by atoms with E-state index >= 15 is 0 Å². The fraction of sp³-hybridized carbons (Fsp3) is 0.214. The van der Waals surface area contributed by atoms with E-state index < -0.39 is 18.1 Å². The Hall–Kier alpha value is -1.98. The molecule has 2 rings (SSSR count). The van der Waals surface area contributed by atoms with Gasteiger partial charge in [0, 0.05) is 12.4 Å². The van der Waals surface area contributed by atoms with Crippen LogP contribution in [0.5, 0.6) is 0 Å². The van der Waals surface area contributed by atoms with Crippen molar-refractivity contribution in [1.29, 1.82) is 0 Å². The molecule has 2 unspecified atom stereocenters. The van der Waals surface area contributed by atoms with Crippen LogP contribution in [0.15, 0.2) is 42.7 Å². The van der Waals surface area contributed by atoms with E-state index in [0.717, 1.165) is 0 Å². The lowest BCUT2D eigenvalue weighted by atomic mass is 10.1. The molecule has 1 heterocycles. The van der Waals surface area contributed by atoms with E-state index in [0.29, 0.717) is 11.3 Å². The molecule has 1 aromatic carbocycles. The summed E-state index contributed by atoms with van der Waals surface area (Å²) in [6, 6.07) is 8.26. The van der Waals surface area contributed by atoms with Gasteiger partial charge in [-0.05, 0) is 12.5 Å². The molecule has 2 atom stereocenters. The van der Waals surface area contributed by atoms with E-state index in [9.17, 15) is 9.90 Å². The zero-order valence-electron chi connectivity index (χ0n) is 10.8. The van der Waals surface area contributed by atoms with E-state index in [-0.39, 0.29) is 5.15 Å². The molecule has 1 amide bonds. The Balaban J connectivity index is 2.07. The van der Waals surface area contributed by atoms with Crippen molar-refractivity contribution in [3.8, 4) is 0 Å². The Morgan fingerprint density at radius 2 is 1.90 bits per heavy atom. The zero-order chi connectivity index (χ0) is 14.5. The third-order valence-electron chi connectivity index (χ3n) is 2.81. The average molecular weight is 292 g/mol.